The lowest BCUT2D eigenvalue weighted by Gasteiger charge is -2.39. The van der Waals surface area contributed by atoms with E-state index in [1.165, 1.54) is 17.7 Å². The van der Waals surface area contributed by atoms with Gasteiger partial charge >= 0.3 is 0 Å². The number of fused-ring (bicyclic) bond motifs is 1. The van der Waals surface area contributed by atoms with Crippen molar-refractivity contribution in [3.8, 4) is 5.75 Å². The van der Waals surface area contributed by atoms with Gasteiger partial charge in [0.1, 0.15) is 17.6 Å². The van der Waals surface area contributed by atoms with Crippen LogP contribution in [0, 0.1) is 5.82 Å². The van der Waals surface area contributed by atoms with Crippen LogP contribution in [0.15, 0.2) is 83.7 Å². The molecular formula is C31H32FN7O2. The van der Waals surface area contributed by atoms with E-state index < -0.39 is 6.04 Å². The predicted octanol–water partition coefficient (Wildman–Crippen LogP) is 4.21. The smallest absolute Gasteiger partial charge is 0.253 e. The van der Waals surface area contributed by atoms with Gasteiger partial charge in [0, 0.05) is 54.9 Å². The van der Waals surface area contributed by atoms with Crippen molar-refractivity contribution in [3.63, 3.8) is 0 Å². The number of aromatic amines is 1. The van der Waals surface area contributed by atoms with Crippen LogP contribution in [-0.4, -0.2) is 62.9 Å². The van der Waals surface area contributed by atoms with Crippen LogP contribution in [0.25, 0.3) is 10.9 Å². The summed E-state index contributed by atoms with van der Waals surface area (Å²) in [6, 6.07) is 23.9. The van der Waals surface area contributed by atoms with Crippen molar-refractivity contribution in [2.24, 2.45) is 0 Å². The summed E-state index contributed by atoms with van der Waals surface area (Å²) in [6.45, 7) is 5.85. The van der Waals surface area contributed by atoms with Gasteiger partial charge in [-0.1, -0.05) is 30.3 Å². The van der Waals surface area contributed by atoms with E-state index in [0.29, 0.717) is 50.7 Å². The summed E-state index contributed by atoms with van der Waals surface area (Å²) in [4.78, 5) is 21.1. The third-order valence-electron chi connectivity index (χ3n) is 7.58. The lowest BCUT2D eigenvalue weighted by molar-refractivity contribution is 0.199. The Balaban J connectivity index is 1.35. The van der Waals surface area contributed by atoms with E-state index in [1.54, 1.807) is 12.1 Å². The highest BCUT2D eigenvalue weighted by Gasteiger charge is 2.32. The van der Waals surface area contributed by atoms with Crippen LogP contribution in [-0.2, 0) is 13.0 Å². The number of aryl methyl sites for hydroxylation is 2. The molecule has 41 heavy (non-hydrogen) atoms. The Hall–Kier alpha value is -4.57. The Kier molecular flexibility index (Phi) is 7.73. The van der Waals surface area contributed by atoms with E-state index in [2.05, 4.69) is 42.4 Å². The molecule has 0 saturated carbocycles. The normalized spacial score (nSPS) is 14.8. The van der Waals surface area contributed by atoms with Crippen molar-refractivity contribution in [2.45, 2.75) is 25.9 Å². The minimum absolute atomic E-state index is 0.176. The molecule has 0 spiro atoms. The van der Waals surface area contributed by atoms with E-state index in [-0.39, 0.29) is 11.4 Å². The van der Waals surface area contributed by atoms with Crippen molar-refractivity contribution in [1.82, 2.24) is 30.1 Å². The lowest BCUT2D eigenvalue weighted by Crippen LogP contribution is -2.49. The van der Waals surface area contributed by atoms with Crippen LogP contribution in [0.4, 0.5) is 10.1 Å². The van der Waals surface area contributed by atoms with Crippen molar-refractivity contribution in [3.05, 3.63) is 112 Å². The molecule has 1 aliphatic heterocycles. The number of nitrogens with zero attached hydrogens (tertiary/aromatic N) is 6. The first-order valence-corrected chi connectivity index (χ1v) is 13.9. The van der Waals surface area contributed by atoms with E-state index >= 15 is 0 Å². The molecule has 0 radical (unpaired) electrons. The highest BCUT2D eigenvalue weighted by molar-refractivity contribution is 5.80. The molecule has 3 aromatic carbocycles. The SMILES string of the molecule is CCOc1ccc2[nH]c(=O)c(C(c3nnnn3CCc3ccccc3)N3CCN(c4ccc(F)cc4)CC3)cc2c1. The Morgan fingerprint density at radius 3 is 2.51 bits per heavy atom. The largest absolute Gasteiger partial charge is 0.494 e. The van der Waals surface area contributed by atoms with Crippen molar-refractivity contribution < 1.29 is 9.13 Å². The van der Waals surface area contributed by atoms with E-state index in [9.17, 15) is 9.18 Å². The van der Waals surface area contributed by atoms with Crippen molar-refractivity contribution in [2.75, 3.05) is 37.7 Å². The fourth-order valence-electron chi connectivity index (χ4n) is 5.50. The van der Waals surface area contributed by atoms with Gasteiger partial charge in [0.2, 0.25) is 0 Å². The first-order chi connectivity index (χ1) is 20.1. The average Bonchev–Trinajstić information content (AvgIpc) is 3.46. The number of H-pyrrole nitrogens is 1. The zero-order valence-electron chi connectivity index (χ0n) is 22.9. The van der Waals surface area contributed by atoms with Gasteiger partial charge in [-0.2, -0.15) is 0 Å². The maximum Gasteiger partial charge on any atom is 0.253 e. The summed E-state index contributed by atoms with van der Waals surface area (Å²) in [7, 11) is 0. The molecule has 1 saturated heterocycles. The minimum atomic E-state index is -0.458. The first kappa shape index (κ1) is 26.6. The number of halogens is 1. The molecular weight excluding hydrogens is 521 g/mol. The third kappa shape index (κ3) is 5.83. The number of piperazine rings is 1. The molecule has 5 aromatic rings. The number of anilines is 1. The summed E-state index contributed by atoms with van der Waals surface area (Å²) in [5.41, 5.74) is 3.31. The molecule has 1 N–H and O–H groups in total. The molecule has 1 unspecified atom stereocenters. The molecule has 0 aliphatic carbocycles. The number of hydrogen-bond donors (Lipinski definition) is 1. The summed E-state index contributed by atoms with van der Waals surface area (Å²) in [5.74, 6) is 1.12. The van der Waals surface area contributed by atoms with Crippen LogP contribution >= 0.6 is 0 Å². The molecule has 0 bridgehead atoms. The van der Waals surface area contributed by atoms with E-state index in [0.717, 1.165) is 28.8 Å². The number of aromatic nitrogens is 5. The number of hydrogen-bond acceptors (Lipinski definition) is 7. The van der Waals surface area contributed by atoms with Crippen LogP contribution in [0.3, 0.4) is 0 Å². The number of pyridine rings is 1. The molecule has 1 atom stereocenters. The van der Waals surface area contributed by atoms with E-state index in [4.69, 9.17) is 4.74 Å². The molecule has 210 valence electrons. The second kappa shape index (κ2) is 11.9. The molecule has 3 heterocycles. The highest BCUT2D eigenvalue weighted by atomic mass is 19.1. The summed E-state index contributed by atoms with van der Waals surface area (Å²) in [5, 5.41) is 13.7. The Morgan fingerprint density at radius 2 is 1.76 bits per heavy atom. The second-order valence-electron chi connectivity index (χ2n) is 10.1. The Bertz CT molecular complexity index is 1660. The quantitative estimate of drug-likeness (QED) is 0.292. The molecule has 6 rings (SSSR count). The molecule has 2 aromatic heterocycles. The van der Waals surface area contributed by atoms with Crippen molar-refractivity contribution in [1.29, 1.82) is 0 Å². The standard InChI is InChI=1S/C31H32FN7O2/c1-2-41-26-12-13-28-23(20-26)21-27(31(40)33-28)29(30-34-35-36-39(30)15-14-22-6-4-3-5-7-22)38-18-16-37(17-19-38)25-10-8-24(32)9-11-25/h3-13,20-21,29H,2,14-19H2,1H3,(H,33,40). The van der Waals surface area contributed by atoms with Gasteiger partial charge in [-0.25, -0.2) is 9.07 Å². The van der Waals surface area contributed by atoms with Gasteiger partial charge in [0.25, 0.3) is 5.56 Å². The van der Waals surface area contributed by atoms with E-state index in [1.807, 2.05) is 54.1 Å². The van der Waals surface area contributed by atoms with Crippen LogP contribution in [0.2, 0.25) is 0 Å². The maximum absolute atomic E-state index is 13.6. The number of rotatable bonds is 9. The second-order valence-corrected chi connectivity index (χ2v) is 10.1. The number of nitrogens with one attached hydrogen (secondary N) is 1. The Labute approximate surface area is 237 Å². The molecule has 0 amide bonds. The lowest BCUT2D eigenvalue weighted by atomic mass is 10.0. The molecule has 1 aliphatic rings. The number of benzene rings is 3. The third-order valence-corrected chi connectivity index (χ3v) is 7.58. The van der Waals surface area contributed by atoms with Gasteiger partial charge in [0.15, 0.2) is 5.82 Å². The van der Waals surface area contributed by atoms with Crippen molar-refractivity contribution >= 4 is 16.6 Å². The number of ether oxygens (including phenoxy) is 1. The summed E-state index contributed by atoms with van der Waals surface area (Å²) in [6.07, 6.45) is 0.760. The van der Waals surface area contributed by atoms with Gasteiger partial charge in [-0.3, -0.25) is 9.69 Å². The first-order valence-electron chi connectivity index (χ1n) is 13.9. The highest BCUT2D eigenvalue weighted by Crippen LogP contribution is 2.30. The average molecular weight is 554 g/mol. The molecule has 9 nitrogen and oxygen atoms in total. The van der Waals surface area contributed by atoms with Gasteiger partial charge in [-0.15, -0.1) is 5.10 Å². The molecule has 1 fully saturated rings. The Morgan fingerprint density at radius 1 is 0.976 bits per heavy atom. The summed E-state index contributed by atoms with van der Waals surface area (Å²) >= 11 is 0. The maximum atomic E-state index is 13.6. The summed E-state index contributed by atoms with van der Waals surface area (Å²) < 4.78 is 21.0. The number of tetrazole rings is 1. The topological polar surface area (TPSA) is 92.2 Å². The predicted molar refractivity (Wildman–Crippen MR) is 156 cm³/mol. The fourth-order valence-corrected chi connectivity index (χ4v) is 5.50. The van der Waals surface area contributed by atoms with Gasteiger partial charge in [0.05, 0.1) is 6.61 Å². The van der Waals surface area contributed by atoms with Crippen LogP contribution in [0.1, 0.15) is 29.9 Å². The minimum Gasteiger partial charge on any atom is -0.494 e. The zero-order chi connectivity index (χ0) is 28.2. The monoisotopic (exact) mass is 553 g/mol. The molecule has 10 heteroatoms. The van der Waals surface area contributed by atoms with Crippen LogP contribution < -0.4 is 15.2 Å². The van der Waals surface area contributed by atoms with Gasteiger partial charge < -0.3 is 14.6 Å². The zero-order valence-corrected chi connectivity index (χ0v) is 22.9. The fraction of sp³-hybridized carbons (Fsp3) is 0.290. The van der Waals surface area contributed by atoms with Gasteiger partial charge in [-0.05, 0) is 77.9 Å². The van der Waals surface area contributed by atoms with Crippen LogP contribution in [0.5, 0.6) is 5.75 Å².